The summed E-state index contributed by atoms with van der Waals surface area (Å²) in [6.45, 7) is 0.953. The molecule has 6 nitrogen and oxygen atoms in total. The summed E-state index contributed by atoms with van der Waals surface area (Å²) in [5, 5.41) is 20.0. The summed E-state index contributed by atoms with van der Waals surface area (Å²) in [6.07, 6.45) is 1.95. The third-order valence-electron chi connectivity index (χ3n) is 2.74. The van der Waals surface area contributed by atoms with Crippen LogP contribution in [0.4, 0.5) is 0 Å². The summed E-state index contributed by atoms with van der Waals surface area (Å²) in [5.74, 6) is -1.39. The first-order chi connectivity index (χ1) is 8.09. The van der Waals surface area contributed by atoms with E-state index < -0.39 is 12.1 Å². The van der Waals surface area contributed by atoms with Gasteiger partial charge >= 0.3 is 5.97 Å². The van der Waals surface area contributed by atoms with E-state index >= 15 is 0 Å². The van der Waals surface area contributed by atoms with Gasteiger partial charge in [-0.15, -0.1) is 0 Å². The fraction of sp³-hybridized carbons (Fsp3) is 0.818. The molecule has 1 unspecified atom stereocenters. The molecule has 0 spiro atoms. The van der Waals surface area contributed by atoms with E-state index in [1.54, 1.807) is 0 Å². The summed E-state index contributed by atoms with van der Waals surface area (Å²) < 4.78 is 5.38. The second kappa shape index (κ2) is 7.24. The quantitative estimate of drug-likeness (QED) is 0.582. The zero-order valence-corrected chi connectivity index (χ0v) is 9.72. The minimum absolute atomic E-state index is 0.0288. The molecule has 17 heavy (non-hydrogen) atoms. The van der Waals surface area contributed by atoms with E-state index in [9.17, 15) is 9.59 Å². The van der Waals surface area contributed by atoms with Crippen molar-refractivity contribution in [1.29, 1.82) is 0 Å². The highest BCUT2D eigenvalue weighted by Gasteiger charge is 2.17. The number of carboxylic acids is 1. The molecular formula is C11H19NO5. The van der Waals surface area contributed by atoms with Crippen molar-refractivity contribution in [3.05, 3.63) is 0 Å². The lowest BCUT2D eigenvalue weighted by atomic mass is 10.1. The Morgan fingerprint density at radius 3 is 2.82 bits per heavy atom. The number of amides is 1. The predicted octanol–water partition coefficient (Wildman–Crippen LogP) is -0.103. The van der Waals surface area contributed by atoms with Crippen molar-refractivity contribution in [2.24, 2.45) is 0 Å². The van der Waals surface area contributed by atoms with E-state index in [4.69, 9.17) is 14.9 Å². The predicted molar refractivity (Wildman–Crippen MR) is 59.5 cm³/mol. The Balaban J connectivity index is 2.02. The summed E-state index contributed by atoms with van der Waals surface area (Å²) in [6, 6.07) is 0. The molecule has 0 aliphatic carbocycles. The first kappa shape index (κ1) is 13.9. The van der Waals surface area contributed by atoms with E-state index in [0.29, 0.717) is 12.8 Å². The topological polar surface area (TPSA) is 95.9 Å². The number of hydrogen-bond donors (Lipinski definition) is 3. The van der Waals surface area contributed by atoms with Gasteiger partial charge in [0.1, 0.15) is 0 Å². The van der Waals surface area contributed by atoms with Crippen LogP contribution in [-0.4, -0.2) is 47.4 Å². The summed E-state index contributed by atoms with van der Waals surface area (Å²) in [7, 11) is 0. The molecule has 1 rings (SSSR count). The van der Waals surface area contributed by atoms with E-state index in [0.717, 1.165) is 19.4 Å². The van der Waals surface area contributed by atoms with Crippen LogP contribution in [-0.2, 0) is 14.3 Å². The molecule has 0 aromatic carbocycles. The number of aliphatic carboxylic acids is 1. The van der Waals surface area contributed by atoms with Crippen molar-refractivity contribution >= 4 is 11.9 Å². The van der Waals surface area contributed by atoms with Gasteiger partial charge in [0, 0.05) is 26.0 Å². The number of carboxylic acid groups (broad SMARTS) is 1. The van der Waals surface area contributed by atoms with Gasteiger partial charge in [-0.1, -0.05) is 0 Å². The van der Waals surface area contributed by atoms with Crippen molar-refractivity contribution in [3.8, 4) is 0 Å². The van der Waals surface area contributed by atoms with Crippen LogP contribution in [0, 0.1) is 0 Å². The average molecular weight is 245 g/mol. The standard InChI is InChI=1S/C11H19NO5/c13-9(11(15)16)5-6-12-10(14)4-3-8-2-1-7-17-8/h8-9,13H,1-7H2,(H,12,14)(H,15,16)/t8?,9-/m0/s1. The van der Waals surface area contributed by atoms with Gasteiger partial charge in [-0.25, -0.2) is 4.79 Å². The zero-order valence-electron chi connectivity index (χ0n) is 9.72. The minimum atomic E-state index is -1.41. The molecule has 1 aliphatic rings. The van der Waals surface area contributed by atoms with Crippen molar-refractivity contribution in [2.45, 2.75) is 44.3 Å². The van der Waals surface area contributed by atoms with Crippen LogP contribution in [0.25, 0.3) is 0 Å². The lowest BCUT2D eigenvalue weighted by molar-refractivity contribution is -0.147. The molecule has 2 atom stereocenters. The van der Waals surface area contributed by atoms with E-state index in [2.05, 4.69) is 5.32 Å². The maximum atomic E-state index is 11.4. The Morgan fingerprint density at radius 2 is 2.24 bits per heavy atom. The highest BCUT2D eigenvalue weighted by atomic mass is 16.5. The molecule has 1 fully saturated rings. The SMILES string of the molecule is O=C(CCC1CCCO1)NCC[C@H](O)C(=O)O. The Labute approximate surface area is 100.0 Å². The van der Waals surface area contributed by atoms with Gasteiger partial charge in [-0.05, 0) is 19.3 Å². The summed E-state index contributed by atoms with van der Waals surface area (Å²) in [5.41, 5.74) is 0. The van der Waals surface area contributed by atoms with E-state index in [-0.39, 0.29) is 25.0 Å². The highest BCUT2D eigenvalue weighted by Crippen LogP contribution is 2.16. The number of carbonyl (C=O) groups is 2. The maximum absolute atomic E-state index is 11.4. The first-order valence-electron chi connectivity index (χ1n) is 5.88. The van der Waals surface area contributed by atoms with Gasteiger partial charge in [0.2, 0.25) is 5.91 Å². The molecule has 6 heteroatoms. The number of hydrogen-bond acceptors (Lipinski definition) is 4. The highest BCUT2D eigenvalue weighted by molar-refractivity contribution is 5.76. The van der Waals surface area contributed by atoms with E-state index in [1.807, 2.05) is 0 Å². The molecule has 1 amide bonds. The van der Waals surface area contributed by atoms with Crippen LogP contribution in [0.1, 0.15) is 32.1 Å². The number of aliphatic hydroxyl groups excluding tert-OH is 1. The Bertz CT molecular complexity index is 263. The van der Waals surface area contributed by atoms with E-state index in [1.165, 1.54) is 0 Å². The fourth-order valence-electron chi connectivity index (χ4n) is 1.72. The second-order valence-electron chi connectivity index (χ2n) is 4.17. The third-order valence-corrected chi connectivity index (χ3v) is 2.74. The van der Waals surface area contributed by atoms with Crippen LogP contribution in [0.2, 0.25) is 0 Å². The third kappa shape index (κ3) is 5.65. The molecule has 0 bridgehead atoms. The molecule has 0 saturated carbocycles. The summed E-state index contributed by atoms with van der Waals surface area (Å²) in [4.78, 5) is 21.7. The lowest BCUT2D eigenvalue weighted by Gasteiger charge is -2.10. The number of rotatable bonds is 7. The van der Waals surface area contributed by atoms with Crippen molar-refractivity contribution < 1.29 is 24.5 Å². The van der Waals surface area contributed by atoms with Crippen LogP contribution >= 0.6 is 0 Å². The molecule has 1 saturated heterocycles. The fourth-order valence-corrected chi connectivity index (χ4v) is 1.72. The van der Waals surface area contributed by atoms with Gasteiger partial charge in [-0.2, -0.15) is 0 Å². The molecule has 0 aromatic rings. The molecule has 3 N–H and O–H groups in total. The minimum Gasteiger partial charge on any atom is -0.479 e. The molecular weight excluding hydrogens is 226 g/mol. The Hall–Kier alpha value is -1.14. The molecule has 1 aliphatic heterocycles. The normalized spacial score (nSPS) is 21.1. The Morgan fingerprint density at radius 1 is 1.47 bits per heavy atom. The Kier molecular flexibility index (Phi) is 5.93. The van der Waals surface area contributed by atoms with Crippen molar-refractivity contribution in [2.75, 3.05) is 13.2 Å². The monoisotopic (exact) mass is 245 g/mol. The first-order valence-corrected chi connectivity index (χ1v) is 5.88. The second-order valence-corrected chi connectivity index (χ2v) is 4.17. The van der Waals surface area contributed by atoms with Gasteiger partial charge in [0.25, 0.3) is 0 Å². The average Bonchev–Trinajstić information content (AvgIpc) is 2.78. The molecule has 0 radical (unpaired) electrons. The van der Waals surface area contributed by atoms with Crippen molar-refractivity contribution in [3.63, 3.8) is 0 Å². The van der Waals surface area contributed by atoms with Crippen LogP contribution in [0.3, 0.4) is 0 Å². The zero-order chi connectivity index (χ0) is 12.7. The largest absolute Gasteiger partial charge is 0.479 e. The van der Waals surface area contributed by atoms with Gasteiger partial charge in [0.15, 0.2) is 6.10 Å². The molecule has 0 aromatic heterocycles. The smallest absolute Gasteiger partial charge is 0.332 e. The lowest BCUT2D eigenvalue weighted by Crippen LogP contribution is -2.30. The van der Waals surface area contributed by atoms with Gasteiger partial charge in [-0.3, -0.25) is 4.79 Å². The van der Waals surface area contributed by atoms with Gasteiger partial charge < -0.3 is 20.3 Å². The molecule has 98 valence electrons. The van der Waals surface area contributed by atoms with Gasteiger partial charge in [0.05, 0.1) is 6.10 Å². The van der Waals surface area contributed by atoms with Crippen LogP contribution in [0.5, 0.6) is 0 Å². The number of nitrogens with one attached hydrogen (secondary N) is 1. The number of carbonyl (C=O) groups excluding carboxylic acids is 1. The maximum Gasteiger partial charge on any atom is 0.332 e. The van der Waals surface area contributed by atoms with Crippen LogP contribution in [0.15, 0.2) is 0 Å². The summed E-state index contributed by atoms with van der Waals surface area (Å²) >= 11 is 0. The molecule has 1 heterocycles. The number of aliphatic hydroxyl groups is 1. The van der Waals surface area contributed by atoms with Crippen LogP contribution < -0.4 is 5.32 Å². The number of ether oxygens (including phenoxy) is 1. The van der Waals surface area contributed by atoms with Crippen molar-refractivity contribution in [1.82, 2.24) is 5.32 Å².